The Kier molecular flexibility index (Phi) is 5.75. The van der Waals surface area contributed by atoms with Crippen molar-refractivity contribution >= 4 is 22.6 Å². The topological polar surface area (TPSA) is 74.5 Å². The summed E-state index contributed by atoms with van der Waals surface area (Å²) < 4.78 is 6.32. The van der Waals surface area contributed by atoms with Crippen LogP contribution in [0.1, 0.15) is 29.7 Å². The highest BCUT2D eigenvalue weighted by atomic mass is 32.1. The number of aromatic nitrogens is 4. The van der Waals surface area contributed by atoms with Crippen LogP contribution in [0.25, 0.3) is 0 Å². The summed E-state index contributed by atoms with van der Waals surface area (Å²) in [5, 5.41) is 9.01. The van der Waals surface area contributed by atoms with E-state index in [-0.39, 0.29) is 0 Å². The molecule has 0 radical (unpaired) electrons. The molecular formula is C17H28N8S. The lowest BCUT2D eigenvalue weighted by atomic mass is 10.2. The van der Waals surface area contributed by atoms with E-state index in [1.165, 1.54) is 22.8 Å². The molecule has 2 aromatic heterocycles. The van der Waals surface area contributed by atoms with Gasteiger partial charge in [0.05, 0.1) is 5.69 Å². The number of guanidine groups is 1. The fourth-order valence-corrected chi connectivity index (χ4v) is 4.00. The Morgan fingerprint density at radius 3 is 2.50 bits per heavy atom. The van der Waals surface area contributed by atoms with E-state index in [0.29, 0.717) is 0 Å². The van der Waals surface area contributed by atoms with Crippen molar-refractivity contribution in [1.82, 2.24) is 29.4 Å². The van der Waals surface area contributed by atoms with Crippen molar-refractivity contribution in [3.63, 3.8) is 0 Å². The highest BCUT2D eigenvalue weighted by Gasteiger charge is 2.22. The van der Waals surface area contributed by atoms with E-state index in [1.54, 1.807) is 0 Å². The minimum atomic E-state index is 0.745. The van der Waals surface area contributed by atoms with Crippen LogP contribution in [-0.2, 0) is 20.0 Å². The van der Waals surface area contributed by atoms with Crippen molar-refractivity contribution in [3.8, 4) is 0 Å². The monoisotopic (exact) mass is 376 g/mol. The van der Waals surface area contributed by atoms with Crippen molar-refractivity contribution < 1.29 is 0 Å². The first-order valence-electron chi connectivity index (χ1n) is 9.05. The van der Waals surface area contributed by atoms with Crippen LogP contribution in [0, 0.1) is 13.8 Å². The zero-order valence-corrected chi connectivity index (χ0v) is 17.1. The van der Waals surface area contributed by atoms with Gasteiger partial charge in [0.15, 0.2) is 5.96 Å². The lowest BCUT2D eigenvalue weighted by Gasteiger charge is -2.36. The number of aryl methyl sites for hydroxylation is 3. The molecule has 26 heavy (non-hydrogen) atoms. The first-order valence-corrected chi connectivity index (χ1v) is 9.83. The van der Waals surface area contributed by atoms with Gasteiger partial charge in [-0.2, -0.15) is 9.47 Å². The van der Waals surface area contributed by atoms with E-state index >= 15 is 0 Å². The third kappa shape index (κ3) is 3.82. The Morgan fingerprint density at radius 1 is 1.23 bits per heavy atom. The van der Waals surface area contributed by atoms with E-state index in [1.807, 2.05) is 18.8 Å². The predicted molar refractivity (Wildman–Crippen MR) is 106 cm³/mol. The van der Waals surface area contributed by atoms with Crippen molar-refractivity contribution in [2.45, 2.75) is 33.7 Å². The Bertz CT molecular complexity index is 770. The summed E-state index contributed by atoms with van der Waals surface area (Å²) >= 11 is 1.50. The van der Waals surface area contributed by atoms with Crippen LogP contribution in [0.2, 0.25) is 0 Å². The molecule has 0 atom stereocenters. The zero-order chi connectivity index (χ0) is 18.7. The summed E-state index contributed by atoms with van der Waals surface area (Å²) in [6, 6.07) is 0. The molecule has 0 spiro atoms. The highest BCUT2D eigenvalue weighted by Crippen LogP contribution is 2.19. The molecule has 1 N–H and O–H groups in total. The molecule has 1 aliphatic heterocycles. The van der Waals surface area contributed by atoms with Crippen LogP contribution >= 0.6 is 11.5 Å². The van der Waals surface area contributed by atoms with Crippen LogP contribution in [-0.4, -0.2) is 63.2 Å². The standard InChI is InChI=1S/C17H28N8S/c1-6-15-20-17(26-22-15)25-9-7-24(8-10-25)16(18-4)19-11-14-12(2)21-23(5)13(14)3/h6-11H2,1-5H3,(H,18,19). The average Bonchev–Trinajstić information content (AvgIpc) is 3.22. The molecule has 2 aromatic rings. The molecule has 1 fully saturated rings. The smallest absolute Gasteiger partial charge is 0.205 e. The van der Waals surface area contributed by atoms with Gasteiger partial charge in [-0.1, -0.05) is 6.92 Å². The van der Waals surface area contributed by atoms with E-state index < -0.39 is 0 Å². The summed E-state index contributed by atoms with van der Waals surface area (Å²) in [5.41, 5.74) is 3.51. The van der Waals surface area contributed by atoms with Crippen molar-refractivity contribution in [3.05, 3.63) is 22.8 Å². The summed E-state index contributed by atoms with van der Waals surface area (Å²) in [7, 11) is 3.83. The molecule has 1 aliphatic rings. The van der Waals surface area contributed by atoms with E-state index in [9.17, 15) is 0 Å². The van der Waals surface area contributed by atoms with Gasteiger partial charge in [-0.05, 0) is 13.8 Å². The number of anilines is 1. The van der Waals surface area contributed by atoms with Gasteiger partial charge in [-0.3, -0.25) is 9.67 Å². The van der Waals surface area contributed by atoms with E-state index in [2.05, 4.69) is 55.3 Å². The number of hydrogen-bond donors (Lipinski definition) is 1. The second-order valence-corrected chi connectivity index (χ2v) is 7.22. The Balaban J connectivity index is 1.57. The summed E-state index contributed by atoms with van der Waals surface area (Å²) in [5.74, 6) is 1.88. The maximum atomic E-state index is 4.60. The second-order valence-electron chi connectivity index (χ2n) is 6.49. The fraction of sp³-hybridized carbons (Fsp3) is 0.647. The number of nitrogens with zero attached hydrogens (tertiary/aromatic N) is 7. The summed E-state index contributed by atoms with van der Waals surface area (Å²) in [4.78, 5) is 13.7. The van der Waals surface area contributed by atoms with Crippen molar-refractivity contribution in [2.75, 3.05) is 38.1 Å². The van der Waals surface area contributed by atoms with Gasteiger partial charge in [0.1, 0.15) is 5.82 Å². The van der Waals surface area contributed by atoms with Gasteiger partial charge in [0.2, 0.25) is 5.13 Å². The summed E-state index contributed by atoms with van der Waals surface area (Å²) in [6.45, 7) is 10.7. The normalized spacial score (nSPS) is 15.7. The summed E-state index contributed by atoms with van der Waals surface area (Å²) in [6.07, 6.45) is 0.889. The molecule has 8 nitrogen and oxygen atoms in total. The van der Waals surface area contributed by atoms with Crippen LogP contribution in [0.4, 0.5) is 5.13 Å². The predicted octanol–water partition coefficient (Wildman–Crippen LogP) is 1.35. The minimum Gasteiger partial charge on any atom is -0.352 e. The number of rotatable bonds is 4. The van der Waals surface area contributed by atoms with Crippen LogP contribution in [0.3, 0.4) is 0 Å². The van der Waals surface area contributed by atoms with Crippen LogP contribution < -0.4 is 10.2 Å². The van der Waals surface area contributed by atoms with Crippen LogP contribution in [0.15, 0.2) is 4.99 Å². The molecule has 0 bridgehead atoms. The molecule has 0 aromatic carbocycles. The Morgan fingerprint density at radius 2 is 1.96 bits per heavy atom. The molecular weight excluding hydrogens is 348 g/mol. The molecule has 0 saturated carbocycles. The lowest BCUT2D eigenvalue weighted by Crippen LogP contribution is -2.52. The van der Waals surface area contributed by atoms with Crippen molar-refractivity contribution in [1.29, 1.82) is 0 Å². The van der Waals surface area contributed by atoms with Crippen molar-refractivity contribution in [2.24, 2.45) is 12.0 Å². The SMILES string of the molecule is CCc1nsc(N2CCN(C(=NC)NCc3c(C)nn(C)c3C)CC2)n1. The maximum Gasteiger partial charge on any atom is 0.205 e. The first-order chi connectivity index (χ1) is 12.5. The maximum absolute atomic E-state index is 4.60. The zero-order valence-electron chi connectivity index (χ0n) is 16.3. The average molecular weight is 377 g/mol. The second kappa shape index (κ2) is 8.03. The molecule has 0 amide bonds. The Labute approximate surface area is 159 Å². The molecule has 3 heterocycles. The van der Waals surface area contributed by atoms with Gasteiger partial charge in [0.25, 0.3) is 0 Å². The van der Waals surface area contributed by atoms with Crippen LogP contribution in [0.5, 0.6) is 0 Å². The van der Waals surface area contributed by atoms with Gasteiger partial charge >= 0.3 is 0 Å². The molecule has 142 valence electrons. The van der Waals surface area contributed by atoms with E-state index in [4.69, 9.17) is 0 Å². The quantitative estimate of drug-likeness (QED) is 0.641. The minimum absolute atomic E-state index is 0.745. The molecule has 3 rings (SSSR count). The lowest BCUT2D eigenvalue weighted by molar-refractivity contribution is 0.372. The number of nitrogens with one attached hydrogen (secondary N) is 1. The molecule has 9 heteroatoms. The molecule has 1 saturated heterocycles. The van der Waals surface area contributed by atoms with Gasteiger partial charge in [-0.25, -0.2) is 4.98 Å². The van der Waals surface area contributed by atoms with E-state index in [0.717, 1.165) is 61.8 Å². The number of piperazine rings is 1. The first kappa shape index (κ1) is 18.6. The fourth-order valence-electron chi connectivity index (χ4n) is 3.20. The Hall–Kier alpha value is -2.16. The molecule has 0 aliphatic carbocycles. The largest absolute Gasteiger partial charge is 0.352 e. The van der Waals surface area contributed by atoms with Gasteiger partial charge in [0, 0.05) is 76.0 Å². The molecule has 0 unspecified atom stereocenters. The number of hydrogen-bond acceptors (Lipinski definition) is 6. The van der Waals surface area contributed by atoms with Gasteiger partial charge < -0.3 is 15.1 Å². The van der Waals surface area contributed by atoms with Gasteiger partial charge in [-0.15, -0.1) is 0 Å². The highest BCUT2D eigenvalue weighted by molar-refractivity contribution is 7.09. The third-order valence-corrected chi connectivity index (χ3v) is 5.73. The third-order valence-electron chi connectivity index (χ3n) is 4.92. The number of aliphatic imine (C=N–C) groups is 1.